The second-order valence-electron chi connectivity index (χ2n) is 4.31. The summed E-state index contributed by atoms with van der Waals surface area (Å²) in [5.41, 5.74) is 3.66. The Kier molecular flexibility index (Phi) is 4.29. The van der Waals surface area contributed by atoms with Gasteiger partial charge in [-0.05, 0) is 6.92 Å². The van der Waals surface area contributed by atoms with Crippen molar-refractivity contribution in [3.05, 3.63) is 58.1 Å². The molecule has 0 radical (unpaired) electrons. The molecule has 0 aliphatic carbocycles. The van der Waals surface area contributed by atoms with E-state index in [1.54, 1.807) is 19.1 Å². The van der Waals surface area contributed by atoms with E-state index in [4.69, 9.17) is 9.68 Å². The first-order valence-corrected chi connectivity index (χ1v) is 6.11. The summed E-state index contributed by atoms with van der Waals surface area (Å²) >= 11 is 0. The van der Waals surface area contributed by atoms with E-state index in [1.165, 1.54) is 18.3 Å². The number of nitro benzene ring substituents is 1. The zero-order valence-electron chi connectivity index (χ0n) is 11.6. The lowest BCUT2D eigenvalue weighted by atomic mass is 10.2. The van der Waals surface area contributed by atoms with Crippen molar-refractivity contribution in [2.24, 2.45) is 5.10 Å². The maximum absolute atomic E-state index is 10.7. The third-order valence-corrected chi connectivity index (χ3v) is 2.56. The molecule has 0 unspecified atom stereocenters. The zero-order valence-corrected chi connectivity index (χ0v) is 11.6. The summed E-state index contributed by atoms with van der Waals surface area (Å²) in [4.78, 5) is 14.1. The second-order valence-corrected chi connectivity index (χ2v) is 4.31. The molecule has 0 saturated carbocycles. The van der Waals surface area contributed by atoms with Gasteiger partial charge in [-0.15, -0.1) is 0 Å². The maximum Gasteiger partial charge on any atom is 0.270 e. The summed E-state index contributed by atoms with van der Waals surface area (Å²) in [6.07, 6.45) is 1.37. The monoisotopic (exact) mass is 297 g/mol. The number of nitrogens with zero attached hydrogens (tertiary/aromatic N) is 4. The Bertz CT molecular complexity index is 801. The smallest absolute Gasteiger partial charge is 0.270 e. The molecular formula is C14H11N5O3. The number of hydrogen-bond acceptors (Lipinski definition) is 7. The van der Waals surface area contributed by atoms with Gasteiger partial charge in [-0.1, -0.05) is 18.7 Å². The number of oxazole rings is 1. The van der Waals surface area contributed by atoms with Crippen LogP contribution in [0, 0.1) is 21.4 Å². The van der Waals surface area contributed by atoms with E-state index >= 15 is 0 Å². The van der Waals surface area contributed by atoms with Gasteiger partial charge in [-0.2, -0.15) is 15.3 Å². The molecule has 0 bridgehead atoms. The van der Waals surface area contributed by atoms with Crippen LogP contribution in [0.3, 0.4) is 0 Å². The van der Waals surface area contributed by atoms with E-state index in [-0.39, 0.29) is 23.2 Å². The number of anilines is 1. The molecule has 0 aliphatic heterocycles. The van der Waals surface area contributed by atoms with Gasteiger partial charge >= 0.3 is 0 Å². The minimum Gasteiger partial charge on any atom is -0.418 e. The van der Waals surface area contributed by atoms with Crippen molar-refractivity contribution in [3.8, 4) is 6.07 Å². The Hall–Kier alpha value is -3.47. The van der Waals surface area contributed by atoms with Gasteiger partial charge < -0.3 is 4.42 Å². The third-order valence-electron chi connectivity index (χ3n) is 2.56. The summed E-state index contributed by atoms with van der Waals surface area (Å²) in [5, 5.41) is 23.5. The number of aromatic nitrogens is 1. The summed E-state index contributed by atoms with van der Waals surface area (Å²) in [6.45, 7) is 5.37. The topological polar surface area (TPSA) is 117 Å². The molecule has 1 N–H and O–H groups in total. The summed E-state index contributed by atoms with van der Waals surface area (Å²) in [6, 6.07) is 7.83. The Morgan fingerprint density at radius 3 is 3.05 bits per heavy atom. The highest BCUT2D eigenvalue weighted by molar-refractivity contribution is 5.81. The van der Waals surface area contributed by atoms with Crippen LogP contribution in [0.1, 0.15) is 24.1 Å². The minimum absolute atomic E-state index is 0.0362. The van der Waals surface area contributed by atoms with Crippen LogP contribution in [0.2, 0.25) is 0 Å². The molecule has 1 heterocycles. The fourth-order valence-electron chi connectivity index (χ4n) is 1.54. The average Bonchev–Trinajstić information content (AvgIpc) is 2.91. The van der Waals surface area contributed by atoms with Crippen molar-refractivity contribution >= 4 is 23.4 Å². The quantitative estimate of drug-likeness (QED) is 0.515. The van der Waals surface area contributed by atoms with Crippen LogP contribution in [-0.2, 0) is 0 Å². The zero-order chi connectivity index (χ0) is 16.1. The van der Waals surface area contributed by atoms with Crippen molar-refractivity contribution in [1.29, 1.82) is 5.26 Å². The predicted molar refractivity (Wildman–Crippen MR) is 80.2 cm³/mol. The van der Waals surface area contributed by atoms with Gasteiger partial charge in [0.2, 0.25) is 11.6 Å². The molecule has 0 aliphatic rings. The Balaban J connectivity index is 2.16. The fraction of sp³-hybridized carbons (Fsp3) is 0.0714. The van der Waals surface area contributed by atoms with Gasteiger partial charge in [0.1, 0.15) is 6.07 Å². The van der Waals surface area contributed by atoms with Crippen LogP contribution in [0.5, 0.6) is 0 Å². The van der Waals surface area contributed by atoms with Gasteiger partial charge in [0.15, 0.2) is 0 Å². The lowest BCUT2D eigenvalue weighted by molar-refractivity contribution is -0.384. The number of hydrazone groups is 1. The molecule has 8 heteroatoms. The second kappa shape index (κ2) is 6.32. The van der Waals surface area contributed by atoms with Gasteiger partial charge in [-0.25, -0.2) is 5.43 Å². The number of nitro groups is 1. The number of nitriles is 1. The highest BCUT2D eigenvalue weighted by Crippen LogP contribution is 2.20. The van der Waals surface area contributed by atoms with Crippen LogP contribution in [0.25, 0.3) is 5.57 Å². The minimum atomic E-state index is -0.492. The summed E-state index contributed by atoms with van der Waals surface area (Å²) in [7, 11) is 0. The Morgan fingerprint density at radius 2 is 2.41 bits per heavy atom. The van der Waals surface area contributed by atoms with Crippen molar-refractivity contribution in [2.75, 3.05) is 5.43 Å². The molecule has 2 aromatic rings. The van der Waals surface area contributed by atoms with Gasteiger partial charge in [0, 0.05) is 23.3 Å². The molecule has 22 heavy (non-hydrogen) atoms. The lowest BCUT2D eigenvalue weighted by Crippen LogP contribution is -1.93. The molecule has 0 amide bonds. The van der Waals surface area contributed by atoms with Crippen molar-refractivity contribution in [3.63, 3.8) is 0 Å². The van der Waals surface area contributed by atoms with E-state index in [0.717, 1.165) is 0 Å². The fourth-order valence-corrected chi connectivity index (χ4v) is 1.54. The van der Waals surface area contributed by atoms with Gasteiger partial charge in [0.05, 0.1) is 11.1 Å². The Morgan fingerprint density at radius 1 is 1.64 bits per heavy atom. The van der Waals surface area contributed by atoms with Crippen molar-refractivity contribution in [2.45, 2.75) is 6.92 Å². The number of non-ortho nitro benzene ring substituents is 1. The van der Waals surface area contributed by atoms with Crippen LogP contribution in [-0.4, -0.2) is 16.1 Å². The van der Waals surface area contributed by atoms with E-state index in [0.29, 0.717) is 11.1 Å². The molecule has 0 atom stereocenters. The molecule has 0 fully saturated rings. The number of benzene rings is 1. The summed E-state index contributed by atoms with van der Waals surface area (Å²) in [5.74, 6) is 0.326. The molecule has 1 aromatic carbocycles. The van der Waals surface area contributed by atoms with Gasteiger partial charge in [0.25, 0.3) is 11.6 Å². The highest BCUT2D eigenvalue weighted by atomic mass is 16.6. The van der Waals surface area contributed by atoms with Crippen LogP contribution in [0.15, 0.2) is 40.4 Å². The predicted octanol–water partition coefficient (Wildman–Crippen LogP) is 2.93. The molecule has 110 valence electrons. The maximum atomic E-state index is 10.7. The van der Waals surface area contributed by atoms with E-state index < -0.39 is 4.92 Å². The largest absolute Gasteiger partial charge is 0.418 e. The number of hydrogen-bond donors (Lipinski definition) is 1. The molecule has 2 rings (SSSR count). The standard InChI is InChI=1S/C14H11N5O3/c1-9(2)13-17-12(7-15)14(22-13)18-16-8-10-4-3-5-11(6-10)19(20)21/h3-6,8,18H,1H2,2H3/b16-8+. The van der Waals surface area contributed by atoms with E-state index in [9.17, 15) is 10.1 Å². The number of allylic oxidation sites excluding steroid dienone is 1. The highest BCUT2D eigenvalue weighted by Gasteiger charge is 2.12. The first-order valence-electron chi connectivity index (χ1n) is 6.11. The van der Waals surface area contributed by atoms with E-state index in [1.807, 2.05) is 6.07 Å². The molecule has 8 nitrogen and oxygen atoms in total. The molecular weight excluding hydrogens is 286 g/mol. The van der Waals surface area contributed by atoms with E-state index in [2.05, 4.69) is 22.1 Å². The first kappa shape index (κ1) is 14.9. The summed E-state index contributed by atoms with van der Waals surface area (Å²) < 4.78 is 5.30. The van der Waals surface area contributed by atoms with Crippen molar-refractivity contribution < 1.29 is 9.34 Å². The number of nitrogens with one attached hydrogen (secondary N) is 1. The first-order chi connectivity index (χ1) is 10.5. The molecule has 1 aromatic heterocycles. The van der Waals surface area contributed by atoms with Crippen LogP contribution in [0.4, 0.5) is 11.6 Å². The SMILES string of the molecule is C=C(C)c1nc(C#N)c(N/N=C/c2cccc([N+](=O)[O-])c2)o1. The van der Waals surface area contributed by atoms with Crippen LogP contribution < -0.4 is 5.43 Å². The molecule has 0 saturated heterocycles. The molecule has 0 spiro atoms. The number of rotatable bonds is 5. The normalized spacial score (nSPS) is 10.4. The van der Waals surface area contributed by atoms with Crippen LogP contribution >= 0.6 is 0 Å². The average molecular weight is 297 g/mol. The lowest BCUT2D eigenvalue weighted by Gasteiger charge is -1.96. The third kappa shape index (κ3) is 3.34. The Labute approximate surface area is 125 Å². The van der Waals surface area contributed by atoms with Crippen molar-refractivity contribution in [1.82, 2.24) is 4.98 Å². The van der Waals surface area contributed by atoms with Gasteiger partial charge in [-0.3, -0.25) is 10.1 Å².